The smallest absolute Gasteiger partial charge is 0.395 e. The summed E-state index contributed by atoms with van der Waals surface area (Å²) in [6.07, 6.45) is 0. The second kappa shape index (κ2) is 25.0. The van der Waals surface area contributed by atoms with Crippen molar-refractivity contribution in [3.05, 3.63) is 0 Å². The first-order valence-corrected chi connectivity index (χ1v) is 61.4. The summed E-state index contributed by atoms with van der Waals surface area (Å²) in [7, 11) is -73.6. The lowest BCUT2D eigenvalue weighted by molar-refractivity contribution is -0.135. The molecule has 6 aliphatic rings. The van der Waals surface area contributed by atoms with Crippen molar-refractivity contribution < 1.29 is 118 Å². The van der Waals surface area contributed by atoms with Gasteiger partial charge in [-0.05, 0) is 160 Å². The predicted molar refractivity (Wildman–Crippen MR) is 301 cm³/mol. The van der Waals surface area contributed by atoms with Crippen molar-refractivity contribution in [1.29, 1.82) is 0 Å². The molecule has 0 saturated carbocycles. The van der Waals surface area contributed by atoms with E-state index in [1.807, 2.05) is 0 Å². The quantitative estimate of drug-likeness (QED) is 0.0723. The molecule has 0 spiro atoms. The van der Waals surface area contributed by atoms with Crippen molar-refractivity contribution >= 4 is 141 Å². The molecule has 6 fully saturated rings. The Balaban J connectivity index is 2.17. The zero-order valence-electron chi connectivity index (χ0n) is 49.1. The summed E-state index contributed by atoms with van der Waals surface area (Å²) in [5, 5.41) is 0. The molecule has 0 atom stereocenters. The van der Waals surface area contributed by atoms with Crippen LogP contribution in [0.15, 0.2) is 0 Å². The Morgan fingerprint density at radius 2 is 0.263 bits per heavy atom. The number of rotatable bonds is 32. The minimum Gasteiger partial charge on any atom is -0.395 e. The van der Waals surface area contributed by atoms with Crippen molar-refractivity contribution in [2.24, 2.45) is 0 Å². The van der Waals surface area contributed by atoms with Gasteiger partial charge in [0.25, 0.3) is 0 Å². The fourth-order valence-electron chi connectivity index (χ4n) is 8.26. The van der Waals surface area contributed by atoms with Gasteiger partial charge in [0.1, 0.15) is 0 Å². The molecule has 6 aliphatic heterocycles. The van der Waals surface area contributed by atoms with Crippen molar-refractivity contribution in [3.8, 4) is 0 Å². The molecule has 0 aromatic rings. The van der Waals surface area contributed by atoms with Crippen LogP contribution in [-0.2, 0) is 118 Å². The van der Waals surface area contributed by atoms with E-state index in [9.17, 15) is 0 Å². The Hall–Kier alpha value is 2.35. The molecular formula is C32H88O28Si16. The zero-order chi connectivity index (χ0) is 57.5. The van der Waals surface area contributed by atoms with Gasteiger partial charge < -0.3 is 118 Å². The fourth-order valence-corrected chi connectivity index (χ4v) is 75.7. The Morgan fingerprint density at radius 3 is 0.329 bits per heavy atom. The second-order valence-corrected chi connectivity index (χ2v) is 69.7. The molecule has 76 heavy (non-hydrogen) atoms. The molecule has 6 rings (SSSR count). The van der Waals surface area contributed by atoms with E-state index in [-0.39, 0.29) is 52.9 Å². The maximum Gasteiger partial charge on any atom is 0.653 e. The van der Waals surface area contributed by atoms with Crippen LogP contribution in [0.5, 0.6) is 0 Å². The molecule has 0 aromatic carbocycles. The van der Waals surface area contributed by atoms with E-state index in [1.54, 1.807) is 160 Å². The molecule has 6 saturated heterocycles. The summed E-state index contributed by atoms with van der Waals surface area (Å²) in [6.45, 7) is 43.8. The highest BCUT2D eigenvalue weighted by Gasteiger charge is 2.93. The molecule has 0 unspecified atom stereocenters. The Morgan fingerprint density at radius 1 is 0.184 bits per heavy atom. The van der Waals surface area contributed by atoms with Crippen LogP contribution in [0, 0.1) is 0 Å². The Bertz CT molecular complexity index is 1460. The van der Waals surface area contributed by atoms with Gasteiger partial charge in [0.2, 0.25) is 0 Å². The van der Waals surface area contributed by atoms with Crippen LogP contribution in [0.3, 0.4) is 0 Å². The van der Waals surface area contributed by atoms with Gasteiger partial charge in [-0.25, -0.2) is 0 Å². The van der Waals surface area contributed by atoms with E-state index < -0.39 is 141 Å². The van der Waals surface area contributed by atoms with E-state index in [1.165, 1.54) is 0 Å². The molecule has 448 valence electrons. The molecule has 8 bridgehead atoms. The first-order chi connectivity index (χ1) is 34.6. The van der Waals surface area contributed by atoms with Crippen molar-refractivity contribution in [2.75, 3.05) is 52.9 Å². The largest absolute Gasteiger partial charge is 0.653 e. The molecule has 0 amide bonds. The van der Waals surface area contributed by atoms with E-state index in [2.05, 4.69) is 0 Å². The van der Waals surface area contributed by atoms with E-state index >= 15 is 0 Å². The third-order valence-corrected chi connectivity index (χ3v) is 65.5. The second-order valence-electron chi connectivity index (χ2n) is 20.7. The third kappa shape index (κ3) is 18.2. The van der Waals surface area contributed by atoms with Crippen LogP contribution < -0.4 is 0 Å². The molecule has 0 N–H and O–H groups in total. The van der Waals surface area contributed by atoms with E-state index in [0.29, 0.717) is 0 Å². The standard InChI is InChI=1S/C32H88O28Si16/c1-25-33-61(9,10)41-69-49-70(42-62(11,12)34-26-2)52-73(45-65(17,18)37-29-5)54-71(50-69,43-63(13,14)35-27-3)56-75(47-67(21,22)39-31-7)57-72(51-69,44-64(15,16)36-28-4)55-74(53-70,46-66(19,20)38-30-6)59-76(58-73,60-75)48-68(23,24)40-32-8/h25-32H2,1-24H3. The highest BCUT2D eigenvalue weighted by molar-refractivity contribution is 7.03. The topological polar surface area (TPSA) is 258 Å². The van der Waals surface area contributed by atoms with E-state index in [4.69, 9.17) is 118 Å². The van der Waals surface area contributed by atoms with Gasteiger partial charge in [0, 0.05) is 52.9 Å². The maximum absolute atomic E-state index is 7.51. The summed E-state index contributed by atoms with van der Waals surface area (Å²) in [5.74, 6) is 0. The Labute approximate surface area is 468 Å². The molecule has 28 nitrogen and oxygen atoms in total. The van der Waals surface area contributed by atoms with Crippen LogP contribution in [-0.4, -0.2) is 194 Å². The van der Waals surface area contributed by atoms with Gasteiger partial charge in [-0.2, -0.15) is 0 Å². The molecule has 6 heterocycles. The van der Waals surface area contributed by atoms with Gasteiger partial charge in [-0.1, -0.05) is 0 Å². The molecule has 0 radical (unpaired) electrons. The third-order valence-electron chi connectivity index (χ3n) is 9.90. The van der Waals surface area contributed by atoms with Crippen LogP contribution in [0.2, 0.25) is 105 Å². The lowest BCUT2D eigenvalue weighted by atomic mass is 10.9. The van der Waals surface area contributed by atoms with Gasteiger partial charge in [0.05, 0.1) is 0 Å². The lowest BCUT2D eigenvalue weighted by Gasteiger charge is -2.60. The summed E-state index contributed by atoms with van der Waals surface area (Å²) in [5.41, 5.74) is 0. The maximum atomic E-state index is 7.51. The first-order valence-electron chi connectivity index (χ1n) is 25.8. The SMILES string of the molecule is CCO[Si](C)(C)O[Si]12O[Si]3(O[Si](C)(C)OCC)O[Si]4(O[Si](C)(C)OCC)O[Si](O[Si](C)(C)OCC)(O1)O[Si]1(O[Si](C)(C)OCC)O[Si](O[Si](C)(C)OCC)(O2)O[Si](O[Si](C)(C)OCC)(O3)O[Si](O[Si](C)(C)OCC)(O4)O1. The minimum atomic E-state index is -5.56. The molecule has 0 aromatic heterocycles. The van der Waals surface area contributed by atoms with E-state index in [0.717, 1.165) is 0 Å². The Kier molecular flexibility index (Phi) is 22.7. The van der Waals surface area contributed by atoms with Gasteiger partial charge >= 0.3 is 141 Å². The van der Waals surface area contributed by atoms with Crippen molar-refractivity contribution in [2.45, 2.75) is 160 Å². The van der Waals surface area contributed by atoms with Crippen molar-refractivity contribution in [1.82, 2.24) is 0 Å². The number of hydrogen-bond acceptors (Lipinski definition) is 28. The van der Waals surface area contributed by atoms with Gasteiger partial charge in [-0.3, -0.25) is 0 Å². The number of hydrogen-bond donors (Lipinski definition) is 0. The highest BCUT2D eigenvalue weighted by atomic mass is 28.7. The normalized spacial score (nSPS) is 33.8. The van der Waals surface area contributed by atoms with Gasteiger partial charge in [-0.15, -0.1) is 0 Å². The van der Waals surface area contributed by atoms with Crippen LogP contribution >= 0.6 is 0 Å². The molecular weight excluding hydrogens is 1280 g/mol. The lowest BCUT2D eigenvalue weighted by Crippen LogP contribution is -2.93. The van der Waals surface area contributed by atoms with Crippen molar-refractivity contribution in [3.63, 3.8) is 0 Å². The summed E-state index contributed by atoms with van der Waals surface area (Å²) in [4.78, 5) is 0. The summed E-state index contributed by atoms with van der Waals surface area (Å²) < 4.78 is 199. The van der Waals surface area contributed by atoms with Gasteiger partial charge in [0.15, 0.2) is 0 Å². The zero-order valence-corrected chi connectivity index (χ0v) is 65.1. The summed E-state index contributed by atoms with van der Waals surface area (Å²) in [6, 6.07) is 0. The minimum absolute atomic E-state index is 0.180. The van der Waals surface area contributed by atoms with Crippen LogP contribution in [0.1, 0.15) is 55.4 Å². The fraction of sp³-hybridized carbons (Fsp3) is 1.00. The average Bonchev–Trinajstić information content (AvgIpc) is 3.12. The first kappa shape index (κ1) is 69.1. The van der Waals surface area contributed by atoms with Crippen LogP contribution in [0.4, 0.5) is 0 Å². The monoisotopic (exact) mass is 1370 g/mol. The average molecular weight is 1370 g/mol. The highest BCUT2D eigenvalue weighted by Crippen LogP contribution is 2.53. The summed E-state index contributed by atoms with van der Waals surface area (Å²) >= 11 is 0. The van der Waals surface area contributed by atoms with Crippen LogP contribution in [0.25, 0.3) is 0 Å². The molecule has 44 heteroatoms. The molecule has 0 aliphatic carbocycles. The predicted octanol–water partition coefficient (Wildman–Crippen LogP) is 5.78.